The number of phosphoric acid groups is 1. The minimum Gasteiger partial charge on any atom is -0.487 e. The molecule has 7 heteroatoms. The highest BCUT2D eigenvalue weighted by molar-refractivity contribution is 7.46. The number of ether oxygens (including phenoxy) is 1. The van der Waals surface area contributed by atoms with Crippen LogP contribution in [0.15, 0.2) is 12.3 Å². The van der Waals surface area contributed by atoms with Gasteiger partial charge in [-0.05, 0) is 13.5 Å². The Bertz CT molecular complexity index is 228. The first-order valence-corrected chi connectivity index (χ1v) is 4.51. The highest BCUT2D eigenvalue weighted by Crippen LogP contribution is 2.36. The SMILES string of the molecule is C=C(OCC)C(=O)OP(=O)(O)O. The van der Waals surface area contributed by atoms with Crippen molar-refractivity contribution >= 4 is 13.8 Å². The molecule has 70 valence electrons. The molecule has 0 aliphatic heterocycles. The topological polar surface area (TPSA) is 93.1 Å². The third kappa shape index (κ3) is 4.90. The van der Waals surface area contributed by atoms with E-state index in [1.54, 1.807) is 6.92 Å². The van der Waals surface area contributed by atoms with E-state index in [4.69, 9.17) is 9.79 Å². The Kier molecular flexibility index (Phi) is 3.95. The average molecular weight is 196 g/mol. The molecule has 0 rings (SSSR count). The van der Waals surface area contributed by atoms with Gasteiger partial charge in [-0.2, -0.15) is 0 Å². The lowest BCUT2D eigenvalue weighted by Crippen LogP contribution is -2.07. The summed E-state index contributed by atoms with van der Waals surface area (Å²) in [6.07, 6.45) is 0. The number of phosphoric ester groups is 1. The van der Waals surface area contributed by atoms with E-state index in [-0.39, 0.29) is 6.61 Å². The summed E-state index contributed by atoms with van der Waals surface area (Å²) in [5.74, 6) is -1.69. The Hall–Kier alpha value is -0.840. The van der Waals surface area contributed by atoms with Gasteiger partial charge in [-0.25, -0.2) is 9.36 Å². The number of carbonyl (C=O) groups excluding carboxylic acids is 1. The molecular formula is C5H9O6P. The van der Waals surface area contributed by atoms with Gasteiger partial charge in [-0.1, -0.05) is 0 Å². The minimum absolute atomic E-state index is 0.176. The molecular weight excluding hydrogens is 187 g/mol. The van der Waals surface area contributed by atoms with Gasteiger partial charge in [0.15, 0.2) is 5.76 Å². The second-order valence-electron chi connectivity index (χ2n) is 1.73. The van der Waals surface area contributed by atoms with Gasteiger partial charge in [0.2, 0.25) is 0 Å². The molecule has 0 atom stereocenters. The molecule has 0 heterocycles. The smallest absolute Gasteiger partial charge is 0.487 e. The third-order valence-electron chi connectivity index (χ3n) is 0.748. The van der Waals surface area contributed by atoms with Gasteiger partial charge in [0, 0.05) is 0 Å². The van der Waals surface area contributed by atoms with Gasteiger partial charge in [-0.3, -0.25) is 9.79 Å². The van der Waals surface area contributed by atoms with Crippen LogP contribution in [0.25, 0.3) is 0 Å². The van der Waals surface area contributed by atoms with Crippen molar-refractivity contribution in [2.45, 2.75) is 6.92 Å². The van der Waals surface area contributed by atoms with E-state index in [2.05, 4.69) is 15.8 Å². The summed E-state index contributed by atoms with van der Waals surface area (Å²) in [5.41, 5.74) is 0. The molecule has 0 radical (unpaired) electrons. The van der Waals surface area contributed by atoms with Crippen LogP contribution < -0.4 is 0 Å². The van der Waals surface area contributed by atoms with Gasteiger partial charge >= 0.3 is 13.8 Å². The molecule has 12 heavy (non-hydrogen) atoms. The number of hydrogen-bond donors (Lipinski definition) is 2. The van der Waals surface area contributed by atoms with E-state index in [1.807, 2.05) is 0 Å². The molecule has 0 aromatic heterocycles. The van der Waals surface area contributed by atoms with E-state index in [0.717, 1.165) is 0 Å². The van der Waals surface area contributed by atoms with Crippen LogP contribution in [-0.4, -0.2) is 22.4 Å². The van der Waals surface area contributed by atoms with Crippen LogP contribution in [0.1, 0.15) is 6.92 Å². The fourth-order valence-electron chi connectivity index (χ4n) is 0.392. The lowest BCUT2D eigenvalue weighted by Gasteiger charge is -2.06. The fraction of sp³-hybridized carbons (Fsp3) is 0.400. The summed E-state index contributed by atoms with van der Waals surface area (Å²) in [6.45, 7) is 4.86. The summed E-state index contributed by atoms with van der Waals surface area (Å²) in [4.78, 5) is 27.0. The molecule has 0 aromatic carbocycles. The zero-order chi connectivity index (χ0) is 9.78. The maximum atomic E-state index is 10.6. The van der Waals surface area contributed by atoms with Crippen molar-refractivity contribution in [3.05, 3.63) is 12.3 Å². The molecule has 0 amide bonds. The monoisotopic (exact) mass is 196 g/mol. The lowest BCUT2D eigenvalue weighted by atomic mass is 10.6. The van der Waals surface area contributed by atoms with Crippen LogP contribution in [0, 0.1) is 0 Å². The maximum absolute atomic E-state index is 10.6. The summed E-state index contributed by atoms with van der Waals surface area (Å²) in [7, 11) is -4.79. The van der Waals surface area contributed by atoms with Crippen molar-refractivity contribution in [1.82, 2.24) is 0 Å². The predicted molar refractivity (Wildman–Crippen MR) is 38.9 cm³/mol. The maximum Gasteiger partial charge on any atom is 0.527 e. The molecule has 0 aliphatic rings. The number of rotatable bonds is 4. The minimum atomic E-state index is -4.79. The van der Waals surface area contributed by atoms with Gasteiger partial charge in [-0.15, -0.1) is 0 Å². The lowest BCUT2D eigenvalue weighted by molar-refractivity contribution is -0.135. The molecule has 0 aliphatic carbocycles. The first-order valence-electron chi connectivity index (χ1n) is 2.98. The molecule has 6 nitrogen and oxygen atoms in total. The van der Waals surface area contributed by atoms with Crippen LogP contribution in [0.5, 0.6) is 0 Å². The average Bonchev–Trinajstić information content (AvgIpc) is 1.84. The summed E-state index contributed by atoms with van der Waals surface area (Å²) < 4.78 is 18.3. The zero-order valence-corrected chi connectivity index (χ0v) is 7.28. The molecule has 0 saturated heterocycles. The highest BCUT2D eigenvalue weighted by Gasteiger charge is 2.22. The molecule has 0 unspecified atom stereocenters. The standard InChI is InChI=1S/C5H9O6P/c1-3-10-4(2)5(6)11-12(7,8)9/h2-3H2,1H3,(H2,7,8,9). The van der Waals surface area contributed by atoms with E-state index >= 15 is 0 Å². The van der Waals surface area contributed by atoms with E-state index in [1.165, 1.54) is 0 Å². The predicted octanol–water partition coefficient (Wildman–Crippen LogP) is 0.172. The van der Waals surface area contributed by atoms with Crippen LogP contribution in [0.4, 0.5) is 0 Å². The van der Waals surface area contributed by atoms with Gasteiger partial charge in [0.05, 0.1) is 6.61 Å². The van der Waals surface area contributed by atoms with Crippen molar-refractivity contribution < 1.29 is 28.4 Å². The third-order valence-corrected chi connectivity index (χ3v) is 1.15. The van der Waals surface area contributed by atoms with Crippen molar-refractivity contribution in [2.24, 2.45) is 0 Å². The van der Waals surface area contributed by atoms with E-state index in [0.29, 0.717) is 0 Å². The zero-order valence-electron chi connectivity index (χ0n) is 6.39. The second-order valence-corrected chi connectivity index (χ2v) is 2.89. The van der Waals surface area contributed by atoms with Gasteiger partial charge in [0.1, 0.15) is 0 Å². The largest absolute Gasteiger partial charge is 0.527 e. The summed E-state index contributed by atoms with van der Waals surface area (Å²) >= 11 is 0. The van der Waals surface area contributed by atoms with Crippen LogP contribution in [-0.2, 0) is 18.6 Å². The highest BCUT2D eigenvalue weighted by atomic mass is 31.2. The summed E-state index contributed by atoms with van der Waals surface area (Å²) in [6, 6.07) is 0. The van der Waals surface area contributed by atoms with Crippen molar-refractivity contribution in [2.75, 3.05) is 6.61 Å². The van der Waals surface area contributed by atoms with Crippen molar-refractivity contribution in [1.29, 1.82) is 0 Å². The molecule has 0 bridgehead atoms. The Morgan fingerprint density at radius 2 is 2.08 bits per heavy atom. The van der Waals surface area contributed by atoms with Crippen molar-refractivity contribution in [3.8, 4) is 0 Å². The van der Waals surface area contributed by atoms with Crippen LogP contribution in [0.3, 0.4) is 0 Å². The number of carbonyl (C=O) groups is 1. The Balaban J connectivity index is 4.06. The molecule has 0 aromatic rings. The summed E-state index contributed by atoms with van der Waals surface area (Å²) in [5, 5.41) is 0. The van der Waals surface area contributed by atoms with Gasteiger partial charge < -0.3 is 9.26 Å². The molecule has 0 saturated carbocycles. The molecule has 2 N–H and O–H groups in total. The quantitative estimate of drug-likeness (QED) is 0.378. The number of hydrogen-bond acceptors (Lipinski definition) is 4. The molecule has 0 fully saturated rings. The second kappa shape index (κ2) is 4.25. The van der Waals surface area contributed by atoms with E-state index in [9.17, 15) is 9.36 Å². The Morgan fingerprint density at radius 1 is 1.58 bits per heavy atom. The molecule has 0 spiro atoms. The Morgan fingerprint density at radius 3 is 2.42 bits per heavy atom. The normalized spacial score (nSPS) is 10.6. The van der Waals surface area contributed by atoms with Crippen LogP contribution >= 0.6 is 7.82 Å². The first-order chi connectivity index (χ1) is 5.37. The van der Waals surface area contributed by atoms with E-state index < -0.39 is 19.6 Å². The van der Waals surface area contributed by atoms with Crippen molar-refractivity contribution in [3.63, 3.8) is 0 Å². The van der Waals surface area contributed by atoms with Gasteiger partial charge in [0.25, 0.3) is 0 Å². The first kappa shape index (κ1) is 11.2. The fourth-order valence-corrected chi connectivity index (χ4v) is 0.710. The van der Waals surface area contributed by atoms with Crippen LogP contribution in [0.2, 0.25) is 0 Å². The Labute approximate surface area is 69.0 Å².